The molecule has 4 radical (unpaired) electrons. The molecule has 0 aliphatic heterocycles. The number of alkyl carbamates (subject to hydrolysis) is 1. The van der Waals surface area contributed by atoms with Crippen LogP contribution in [0.2, 0.25) is 0 Å². The minimum absolute atomic E-state index is 0.277. The smallest absolute Gasteiger partial charge is 0.407 e. The summed E-state index contributed by atoms with van der Waals surface area (Å²) in [5, 5.41) is 2.64. The van der Waals surface area contributed by atoms with Gasteiger partial charge in [0.1, 0.15) is 6.61 Å². The van der Waals surface area contributed by atoms with Gasteiger partial charge in [-0.2, -0.15) is 0 Å². The van der Waals surface area contributed by atoms with Gasteiger partial charge in [0.25, 0.3) is 0 Å². The van der Waals surface area contributed by atoms with Gasteiger partial charge in [-0.25, -0.2) is 4.79 Å². The van der Waals surface area contributed by atoms with Crippen molar-refractivity contribution in [2.45, 2.75) is 26.2 Å². The van der Waals surface area contributed by atoms with E-state index in [0.29, 0.717) is 6.54 Å². The Morgan fingerprint density at radius 2 is 2.14 bits per heavy atom. The molecule has 0 saturated heterocycles. The molecule has 0 aromatic carbocycles. The van der Waals surface area contributed by atoms with E-state index in [0.717, 1.165) is 19.3 Å². The van der Waals surface area contributed by atoms with Crippen molar-refractivity contribution in [3.8, 4) is 0 Å². The van der Waals surface area contributed by atoms with Gasteiger partial charge in [-0.3, -0.25) is 0 Å². The second-order valence-electron chi connectivity index (χ2n) is 2.52. The molecule has 0 bridgehead atoms. The summed E-state index contributed by atoms with van der Waals surface area (Å²) in [5.74, 6) is 0. The van der Waals surface area contributed by atoms with Gasteiger partial charge in [0.2, 0.25) is 0 Å². The number of carbonyl (C=O) groups excluding carboxylic acids is 1. The van der Waals surface area contributed by atoms with Crippen LogP contribution in [0.1, 0.15) is 26.2 Å². The third-order valence-corrected chi connectivity index (χ3v) is 1.38. The molecule has 0 fully saturated rings. The van der Waals surface area contributed by atoms with E-state index in [-0.39, 0.29) is 12.7 Å². The zero-order valence-electron chi connectivity index (χ0n) is 8.79. The molecule has 1 N–H and O–H groups in total. The quantitative estimate of drug-likeness (QED) is 0.392. The molecule has 5 heteroatoms. The predicted molar refractivity (Wildman–Crippen MR) is 60.6 cm³/mol. The zero-order valence-corrected chi connectivity index (χ0v) is 8.79. The Hall–Kier alpha value is -0.860. The molecule has 0 atom stereocenters. The van der Waals surface area contributed by atoms with Gasteiger partial charge in [0.05, 0.1) is 0 Å². The van der Waals surface area contributed by atoms with Gasteiger partial charge in [-0.15, -0.1) is 0 Å². The van der Waals surface area contributed by atoms with Crippen LogP contribution >= 0.6 is 0 Å². The van der Waals surface area contributed by atoms with Crippen molar-refractivity contribution in [1.82, 2.24) is 5.32 Å². The molecule has 0 aromatic rings. The van der Waals surface area contributed by atoms with E-state index in [2.05, 4.69) is 34.3 Å². The number of hydrogen-bond donors (Lipinski definition) is 1. The van der Waals surface area contributed by atoms with Crippen LogP contribution in [-0.2, 0) is 4.74 Å². The zero-order chi connectivity index (χ0) is 11.2. The maximum absolute atomic E-state index is 10.8. The second kappa shape index (κ2) is 14.7. The maximum Gasteiger partial charge on any atom is 0.407 e. The molecule has 0 aliphatic rings. The SMILES string of the molecule is C=CCOC(=O)NCCCCC.[B][B]. The van der Waals surface area contributed by atoms with Crippen LogP contribution in [0.5, 0.6) is 0 Å². The number of nitrogens with one attached hydrogen (secondary N) is 1. The minimum atomic E-state index is -0.356. The number of hydrogen-bond acceptors (Lipinski definition) is 2. The van der Waals surface area contributed by atoms with Crippen LogP contribution in [0.25, 0.3) is 0 Å². The largest absolute Gasteiger partial charge is 0.445 e. The highest BCUT2D eigenvalue weighted by Gasteiger charge is 1.97. The van der Waals surface area contributed by atoms with Crippen molar-refractivity contribution in [3.05, 3.63) is 12.7 Å². The Morgan fingerprint density at radius 3 is 2.64 bits per heavy atom. The fraction of sp³-hybridized carbons (Fsp3) is 0.667. The van der Waals surface area contributed by atoms with E-state index < -0.39 is 0 Å². The van der Waals surface area contributed by atoms with Gasteiger partial charge < -0.3 is 10.1 Å². The first-order chi connectivity index (χ1) is 6.81. The van der Waals surface area contributed by atoms with Crippen molar-refractivity contribution in [1.29, 1.82) is 0 Å². The first-order valence-electron chi connectivity index (χ1n) is 4.66. The van der Waals surface area contributed by atoms with E-state index >= 15 is 0 Å². The lowest BCUT2D eigenvalue weighted by Gasteiger charge is -2.03. The van der Waals surface area contributed by atoms with E-state index in [1.54, 1.807) is 6.08 Å². The first-order valence-corrected chi connectivity index (χ1v) is 4.66. The number of carbonyl (C=O) groups is 1. The summed E-state index contributed by atoms with van der Waals surface area (Å²) in [6.45, 7) is 6.53. The summed E-state index contributed by atoms with van der Waals surface area (Å²) >= 11 is 0. The van der Waals surface area contributed by atoms with Crippen molar-refractivity contribution in [2.75, 3.05) is 13.2 Å². The molecule has 14 heavy (non-hydrogen) atoms. The van der Waals surface area contributed by atoms with Crippen LogP contribution in [0.15, 0.2) is 12.7 Å². The fourth-order valence-electron chi connectivity index (χ4n) is 0.751. The Kier molecular flexibility index (Phi) is 16.3. The minimum Gasteiger partial charge on any atom is -0.445 e. The Morgan fingerprint density at radius 1 is 1.50 bits per heavy atom. The van der Waals surface area contributed by atoms with E-state index in [1.165, 1.54) is 0 Å². The molecule has 0 spiro atoms. The average molecular weight is 193 g/mol. The molecule has 0 rings (SSSR count). The average Bonchev–Trinajstić information content (AvgIpc) is 2.24. The summed E-state index contributed by atoms with van der Waals surface area (Å²) < 4.78 is 4.70. The molecule has 0 heterocycles. The molecule has 0 aromatic heterocycles. The van der Waals surface area contributed by atoms with Crippen LogP contribution in [0, 0.1) is 0 Å². The third kappa shape index (κ3) is 13.7. The summed E-state index contributed by atoms with van der Waals surface area (Å²) in [5.41, 5.74) is 0. The van der Waals surface area contributed by atoms with Crippen LogP contribution in [0.3, 0.4) is 0 Å². The Balaban J connectivity index is 0. The second-order valence-corrected chi connectivity index (χ2v) is 2.52. The van der Waals surface area contributed by atoms with E-state index in [1.807, 2.05) is 0 Å². The molecule has 0 unspecified atom stereocenters. The molecular formula is C9H17B2NO2. The topological polar surface area (TPSA) is 38.3 Å². The monoisotopic (exact) mass is 193 g/mol. The highest BCUT2D eigenvalue weighted by molar-refractivity contribution is 6.75. The lowest BCUT2D eigenvalue weighted by atomic mass is 9.81. The number of unbranched alkanes of at least 4 members (excludes halogenated alkanes) is 2. The van der Waals surface area contributed by atoms with Gasteiger partial charge in [-0.1, -0.05) is 32.4 Å². The van der Waals surface area contributed by atoms with Crippen LogP contribution in [-0.4, -0.2) is 34.7 Å². The standard InChI is InChI=1S/C9H17NO2.B2/c1-3-5-6-7-10-9(11)12-8-4-2;1-2/h4H,2-3,5-8H2,1H3,(H,10,11);. The van der Waals surface area contributed by atoms with E-state index in [9.17, 15) is 4.79 Å². The molecule has 3 nitrogen and oxygen atoms in total. The van der Waals surface area contributed by atoms with Crippen LogP contribution in [0.4, 0.5) is 4.79 Å². The highest BCUT2D eigenvalue weighted by Crippen LogP contribution is 1.91. The Labute approximate surface area is 89.1 Å². The van der Waals surface area contributed by atoms with Gasteiger partial charge in [-0.05, 0) is 6.42 Å². The fourth-order valence-corrected chi connectivity index (χ4v) is 0.751. The van der Waals surface area contributed by atoms with Crippen molar-refractivity contribution < 1.29 is 9.53 Å². The normalized spacial score (nSPS) is 8.07. The number of amides is 1. The molecular weight excluding hydrogens is 176 g/mol. The third-order valence-electron chi connectivity index (χ3n) is 1.38. The van der Waals surface area contributed by atoms with E-state index in [4.69, 9.17) is 4.74 Å². The summed E-state index contributed by atoms with van der Waals surface area (Å²) in [7, 11) is 8.00. The van der Waals surface area contributed by atoms with Gasteiger partial charge in [0, 0.05) is 22.0 Å². The molecule has 76 valence electrons. The Bertz CT molecular complexity index is 143. The molecule has 0 aliphatic carbocycles. The predicted octanol–water partition coefficient (Wildman–Crippen LogP) is 1.33. The maximum atomic E-state index is 10.8. The number of ether oxygens (including phenoxy) is 1. The van der Waals surface area contributed by atoms with Crippen LogP contribution < -0.4 is 5.32 Å². The lowest BCUT2D eigenvalue weighted by Crippen LogP contribution is -2.25. The number of rotatable bonds is 6. The summed E-state index contributed by atoms with van der Waals surface area (Å²) in [6, 6.07) is 0. The molecule has 0 saturated carbocycles. The first kappa shape index (κ1) is 15.6. The van der Waals surface area contributed by atoms with Gasteiger partial charge >= 0.3 is 6.09 Å². The lowest BCUT2D eigenvalue weighted by molar-refractivity contribution is 0.158. The molecule has 1 amide bonds. The highest BCUT2D eigenvalue weighted by atomic mass is 16.5. The van der Waals surface area contributed by atoms with Crippen molar-refractivity contribution >= 4 is 21.6 Å². The summed E-state index contributed by atoms with van der Waals surface area (Å²) in [4.78, 5) is 10.8. The van der Waals surface area contributed by atoms with Crippen molar-refractivity contribution in [2.24, 2.45) is 0 Å². The van der Waals surface area contributed by atoms with Crippen molar-refractivity contribution in [3.63, 3.8) is 0 Å². The van der Waals surface area contributed by atoms with Gasteiger partial charge in [0.15, 0.2) is 0 Å². The summed E-state index contributed by atoms with van der Waals surface area (Å²) in [6.07, 6.45) is 4.50.